The van der Waals surface area contributed by atoms with E-state index < -0.39 is 5.97 Å². The molecular weight excluding hydrogens is 248 g/mol. The van der Waals surface area contributed by atoms with Crippen molar-refractivity contribution in [3.8, 4) is 0 Å². The first-order chi connectivity index (χ1) is 10.2. The van der Waals surface area contributed by atoms with Gasteiger partial charge in [-0.05, 0) is 6.42 Å². The Bertz CT molecular complexity index is 231. The minimum atomic E-state index is -0.672. The van der Waals surface area contributed by atoms with Crippen LogP contribution in [-0.4, -0.2) is 11.1 Å². The molecule has 0 saturated heterocycles. The molecule has 0 spiro atoms. The van der Waals surface area contributed by atoms with Gasteiger partial charge in [0.25, 0.3) is 0 Å². The second-order valence-corrected chi connectivity index (χ2v) is 5.90. The maximum absolute atomic E-state index is 10.3. The molecule has 20 heavy (non-hydrogen) atoms. The van der Waals surface area contributed by atoms with Crippen LogP contribution in [0.5, 0.6) is 0 Å². The molecule has 0 aliphatic carbocycles. The van der Waals surface area contributed by atoms with Gasteiger partial charge in [-0.25, -0.2) is 0 Å². The van der Waals surface area contributed by atoms with E-state index in [1.807, 2.05) is 0 Å². The number of unbranched alkanes of at least 4 members (excludes halogenated alkanes) is 10. The summed E-state index contributed by atoms with van der Waals surface area (Å²) in [6, 6.07) is 0. The Morgan fingerprint density at radius 1 is 0.750 bits per heavy atom. The molecule has 0 aliphatic rings. The topological polar surface area (TPSA) is 37.3 Å². The van der Waals surface area contributed by atoms with Crippen LogP contribution in [0.2, 0.25) is 0 Å². The quantitative estimate of drug-likeness (QED) is 0.336. The maximum atomic E-state index is 10.3. The van der Waals surface area contributed by atoms with Gasteiger partial charge in [-0.15, -0.1) is 0 Å². The molecule has 1 N–H and O–H groups in total. The number of aliphatic carboxylic acids is 1. The molecule has 0 amide bonds. The highest BCUT2D eigenvalue weighted by Gasteiger charge is 1.97. The molecule has 0 bridgehead atoms. The summed E-state index contributed by atoms with van der Waals surface area (Å²) < 4.78 is 7.99. The van der Waals surface area contributed by atoms with Crippen molar-refractivity contribution in [2.45, 2.75) is 110 Å². The summed E-state index contributed by atoms with van der Waals surface area (Å²) in [6.45, 7) is 2.23. The minimum absolute atomic E-state index is 0.165. The Labute approximate surface area is 127 Å². The van der Waals surface area contributed by atoms with Crippen molar-refractivity contribution in [1.82, 2.24) is 0 Å². The van der Waals surface area contributed by atoms with Gasteiger partial charge in [0.05, 0.1) is 0 Å². The number of carboxylic acids is 1. The molecule has 0 saturated carbocycles. The van der Waals surface area contributed by atoms with E-state index in [9.17, 15) is 4.79 Å². The van der Waals surface area contributed by atoms with E-state index in [-0.39, 0.29) is 6.40 Å². The van der Waals surface area contributed by atoms with Gasteiger partial charge in [0.2, 0.25) is 0 Å². The molecule has 0 rings (SSSR count). The summed E-state index contributed by atoms with van der Waals surface area (Å²) in [5.41, 5.74) is 0. The summed E-state index contributed by atoms with van der Waals surface area (Å²) in [5, 5.41) is 8.52. The maximum Gasteiger partial charge on any atom is 0.303 e. The number of hydrogen-bond acceptors (Lipinski definition) is 1. The van der Waals surface area contributed by atoms with Gasteiger partial charge < -0.3 is 5.11 Å². The molecule has 2 heteroatoms. The van der Waals surface area contributed by atoms with Crippen molar-refractivity contribution < 1.29 is 11.3 Å². The molecule has 0 aromatic heterocycles. The lowest BCUT2D eigenvalue weighted by Crippen LogP contribution is -1.93. The van der Waals surface area contributed by atoms with E-state index in [1.165, 1.54) is 64.2 Å². The zero-order valence-corrected chi connectivity index (χ0v) is 13.5. The molecule has 0 aromatic rings. The standard InChI is InChI=1S/C18H36O2/c1-2-3-4-5-6-7-8-9-10-11-12-13-14-15-16-17-18(19)20/h2-17H2,1H3,(H,19,20)/i7D. The molecule has 0 fully saturated rings. The summed E-state index contributed by atoms with van der Waals surface area (Å²) in [5.74, 6) is -0.672. The summed E-state index contributed by atoms with van der Waals surface area (Å²) in [7, 11) is 0. The average Bonchev–Trinajstić information content (AvgIpc) is 2.45. The molecule has 2 nitrogen and oxygen atoms in total. The van der Waals surface area contributed by atoms with Crippen LogP contribution in [0.1, 0.15) is 111 Å². The van der Waals surface area contributed by atoms with Crippen molar-refractivity contribution in [1.29, 1.82) is 0 Å². The van der Waals surface area contributed by atoms with E-state index in [2.05, 4.69) is 6.92 Å². The van der Waals surface area contributed by atoms with Crippen LogP contribution in [0.25, 0.3) is 0 Å². The fourth-order valence-corrected chi connectivity index (χ4v) is 2.49. The zero-order valence-electron chi connectivity index (χ0n) is 14.5. The molecule has 0 aromatic carbocycles. The van der Waals surface area contributed by atoms with Gasteiger partial charge in [0, 0.05) is 7.79 Å². The second-order valence-electron chi connectivity index (χ2n) is 5.90. The van der Waals surface area contributed by atoms with E-state index in [4.69, 9.17) is 6.48 Å². The van der Waals surface area contributed by atoms with Crippen LogP contribution in [0.4, 0.5) is 0 Å². The first kappa shape index (κ1) is 17.5. The van der Waals surface area contributed by atoms with Crippen LogP contribution in [0.3, 0.4) is 0 Å². The Kier molecular flexibility index (Phi) is 14.5. The molecule has 0 heterocycles. The lowest BCUT2D eigenvalue weighted by Gasteiger charge is -2.03. The van der Waals surface area contributed by atoms with Crippen molar-refractivity contribution in [2.75, 3.05) is 0 Å². The van der Waals surface area contributed by atoms with Crippen molar-refractivity contribution in [2.24, 2.45) is 0 Å². The highest BCUT2D eigenvalue weighted by atomic mass is 16.4. The van der Waals surface area contributed by atoms with Crippen LogP contribution in [0, 0.1) is 0 Å². The highest BCUT2D eigenvalue weighted by Crippen LogP contribution is 2.13. The number of rotatable bonds is 16. The van der Waals surface area contributed by atoms with Gasteiger partial charge >= 0.3 is 5.97 Å². The van der Waals surface area contributed by atoms with Crippen molar-refractivity contribution in [3.05, 3.63) is 0 Å². The smallest absolute Gasteiger partial charge is 0.303 e. The molecule has 1 unspecified atom stereocenters. The average molecular weight is 285 g/mol. The highest BCUT2D eigenvalue weighted by molar-refractivity contribution is 5.66. The van der Waals surface area contributed by atoms with Gasteiger partial charge in [-0.3, -0.25) is 4.79 Å². The lowest BCUT2D eigenvalue weighted by molar-refractivity contribution is -0.137. The van der Waals surface area contributed by atoms with E-state index in [1.54, 1.807) is 0 Å². The fourth-order valence-electron chi connectivity index (χ4n) is 2.49. The van der Waals surface area contributed by atoms with E-state index in [0.717, 1.165) is 25.7 Å². The zero-order chi connectivity index (χ0) is 15.8. The largest absolute Gasteiger partial charge is 0.481 e. The summed E-state index contributed by atoms with van der Waals surface area (Å²) >= 11 is 0. The summed E-state index contributed by atoms with van der Waals surface area (Å²) in [4.78, 5) is 10.3. The van der Waals surface area contributed by atoms with Crippen molar-refractivity contribution in [3.63, 3.8) is 0 Å². The molecular formula is C18H36O2. The van der Waals surface area contributed by atoms with Gasteiger partial charge in [0.1, 0.15) is 0 Å². The first-order valence-electron chi connectivity index (χ1n) is 9.38. The lowest BCUT2D eigenvalue weighted by atomic mass is 10.0. The third-order valence-corrected chi connectivity index (χ3v) is 3.81. The molecule has 120 valence electrons. The van der Waals surface area contributed by atoms with Gasteiger partial charge in [-0.2, -0.15) is 0 Å². The third kappa shape index (κ3) is 17.5. The van der Waals surface area contributed by atoms with Crippen LogP contribution in [-0.2, 0) is 4.79 Å². The molecule has 1 atom stereocenters. The normalized spacial score (nSPS) is 13.2. The molecule has 0 radical (unpaired) electrons. The van der Waals surface area contributed by atoms with E-state index >= 15 is 0 Å². The fraction of sp³-hybridized carbons (Fsp3) is 0.944. The van der Waals surface area contributed by atoms with Crippen LogP contribution < -0.4 is 0 Å². The number of carboxylic acid groups (broad SMARTS) is 1. The van der Waals surface area contributed by atoms with Gasteiger partial charge in [-0.1, -0.05) is 96.8 Å². The predicted octanol–water partition coefficient (Wildman–Crippen LogP) is 6.33. The number of carbonyl (C=O) groups is 1. The Balaban J connectivity index is 3.12. The van der Waals surface area contributed by atoms with Crippen LogP contribution in [0.15, 0.2) is 0 Å². The SMILES string of the molecule is [2H]C(CCCCCC)CCCCCCCCCCC(=O)O. The molecule has 0 aliphatic heterocycles. The second kappa shape index (κ2) is 16.5. The van der Waals surface area contributed by atoms with Crippen molar-refractivity contribution >= 4 is 5.97 Å². The van der Waals surface area contributed by atoms with Gasteiger partial charge in [0.15, 0.2) is 0 Å². The minimum Gasteiger partial charge on any atom is -0.481 e. The Morgan fingerprint density at radius 3 is 1.60 bits per heavy atom. The Hall–Kier alpha value is -0.530. The monoisotopic (exact) mass is 285 g/mol. The first-order valence-corrected chi connectivity index (χ1v) is 8.80. The number of hydrogen-bond donors (Lipinski definition) is 1. The summed E-state index contributed by atoms with van der Waals surface area (Å²) in [6.07, 6.45) is 17.1. The Morgan fingerprint density at radius 2 is 1.15 bits per heavy atom. The van der Waals surface area contributed by atoms with Crippen LogP contribution >= 0.6 is 0 Å². The predicted molar refractivity (Wildman–Crippen MR) is 87.2 cm³/mol. The van der Waals surface area contributed by atoms with E-state index in [0.29, 0.717) is 6.42 Å². The third-order valence-electron chi connectivity index (χ3n) is 3.81.